The Morgan fingerprint density at radius 2 is 1.84 bits per heavy atom. The predicted octanol–water partition coefficient (Wildman–Crippen LogP) is 4.38. The molecule has 3 saturated heterocycles. The highest BCUT2D eigenvalue weighted by Gasteiger charge is 2.42. The van der Waals surface area contributed by atoms with Crippen molar-refractivity contribution in [1.29, 1.82) is 0 Å². The number of carbonyl (C=O) groups is 1. The molecular formula is C25H33F3N6O2S. The van der Waals surface area contributed by atoms with Crippen LogP contribution in [0.1, 0.15) is 30.4 Å². The lowest BCUT2D eigenvalue weighted by molar-refractivity contribution is -0.137. The van der Waals surface area contributed by atoms with Gasteiger partial charge in [0.15, 0.2) is 5.82 Å². The van der Waals surface area contributed by atoms with Crippen molar-refractivity contribution in [3.63, 3.8) is 0 Å². The highest BCUT2D eigenvalue weighted by Crippen LogP contribution is 2.42. The number of likely N-dealkylation sites (tertiary alicyclic amines) is 2. The summed E-state index contributed by atoms with van der Waals surface area (Å²) < 4.78 is 50.2. The lowest BCUT2D eigenvalue weighted by Gasteiger charge is -2.39. The van der Waals surface area contributed by atoms with Crippen molar-refractivity contribution < 1.29 is 22.7 Å². The van der Waals surface area contributed by atoms with Gasteiger partial charge in [-0.2, -0.15) is 17.9 Å². The Morgan fingerprint density at radius 1 is 1.11 bits per heavy atom. The van der Waals surface area contributed by atoms with E-state index in [0.717, 1.165) is 37.9 Å². The summed E-state index contributed by atoms with van der Waals surface area (Å²) in [5.74, 6) is 0.653. The summed E-state index contributed by atoms with van der Waals surface area (Å²) in [7, 11) is 0. The maximum absolute atomic E-state index is 13.5. The van der Waals surface area contributed by atoms with Crippen molar-refractivity contribution >= 4 is 29.5 Å². The van der Waals surface area contributed by atoms with Crippen molar-refractivity contribution in [3.05, 3.63) is 41.6 Å². The zero-order valence-electron chi connectivity index (χ0n) is 21.0. The number of hydrogen-bond acceptors (Lipinski definition) is 7. The van der Waals surface area contributed by atoms with E-state index >= 15 is 0 Å². The number of amides is 1. The van der Waals surface area contributed by atoms with E-state index in [2.05, 4.69) is 14.7 Å². The van der Waals surface area contributed by atoms with E-state index in [-0.39, 0.29) is 11.4 Å². The molecule has 0 unspecified atom stereocenters. The fourth-order valence-electron chi connectivity index (χ4n) is 5.69. The standard InChI is InChI=1S/C25H33F3N6O2S/c1-37-30-22-4-8-34(29-22)23(35)33-10-6-24(7-11-33)5-9-31(18-24)17-19-2-3-20(25(26,27)28)16-21(19)32-12-14-36-15-13-32/h2-4,8,16H,5-7,9-15,17-18H2,1H3,(H,29,30). The molecule has 0 atom stereocenters. The van der Waals surface area contributed by atoms with Crippen molar-refractivity contribution in [2.45, 2.75) is 32.0 Å². The van der Waals surface area contributed by atoms with Gasteiger partial charge in [-0.25, -0.2) is 4.79 Å². The molecule has 3 aliphatic rings. The Kier molecular flexibility index (Phi) is 7.60. The second-order valence-corrected chi connectivity index (χ2v) is 10.7. The van der Waals surface area contributed by atoms with Gasteiger partial charge in [0.25, 0.3) is 0 Å². The van der Waals surface area contributed by atoms with Gasteiger partial charge in [0.05, 0.1) is 18.8 Å². The molecule has 1 aromatic heterocycles. The maximum atomic E-state index is 13.5. The van der Waals surface area contributed by atoms with E-state index in [0.29, 0.717) is 57.4 Å². The quantitative estimate of drug-likeness (QED) is 0.567. The van der Waals surface area contributed by atoms with Gasteiger partial charge < -0.3 is 19.3 Å². The number of aromatic nitrogens is 2. The van der Waals surface area contributed by atoms with E-state index in [1.165, 1.54) is 28.8 Å². The molecule has 3 aliphatic heterocycles. The molecule has 1 aromatic carbocycles. The number of piperidine rings is 1. The largest absolute Gasteiger partial charge is 0.416 e. The van der Waals surface area contributed by atoms with E-state index in [1.54, 1.807) is 18.3 Å². The third-order valence-corrected chi connectivity index (χ3v) is 8.18. The van der Waals surface area contributed by atoms with E-state index in [4.69, 9.17) is 4.74 Å². The average Bonchev–Trinajstić information content (AvgIpc) is 3.52. The summed E-state index contributed by atoms with van der Waals surface area (Å²) in [4.78, 5) is 19.1. The molecule has 2 aromatic rings. The molecule has 202 valence electrons. The molecule has 12 heteroatoms. The molecule has 1 spiro atoms. The Morgan fingerprint density at radius 3 is 2.54 bits per heavy atom. The van der Waals surface area contributed by atoms with Crippen molar-refractivity contribution in [1.82, 2.24) is 19.6 Å². The van der Waals surface area contributed by atoms with Crippen LogP contribution in [0.15, 0.2) is 30.5 Å². The number of anilines is 2. The van der Waals surface area contributed by atoms with Crippen LogP contribution in [0.3, 0.4) is 0 Å². The number of hydrogen-bond donors (Lipinski definition) is 1. The van der Waals surface area contributed by atoms with Crippen LogP contribution in [0.5, 0.6) is 0 Å². The van der Waals surface area contributed by atoms with Crippen LogP contribution in [0.2, 0.25) is 0 Å². The van der Waals surface area contributed by atoms with Crippen LogP contribution in [-0.4, -0.2) is 84.3 Å². The molecule has 0 saturated carbocycles. The first kappa shape index (κ1) is 26.2. The molecular weight excluding hydrogens is 505 g/mol. The summed E-state index contributed by atoms with van der Waals surface area (Å²) >= 11 is 1.43. The van der Waals surface area contributed by atoms with Gasteiger partial charge >= 0.3 is 12.2 Å². The second-order valence-electron chi connectivity index (χ2n) is 10.1. The summed E-state index contributed by atoms with van der Waals surface area (Å²) in [5, 5.41) is 4.29. The van der Waals surface area contributed by atoms with Gasteiger partial charge in [-0.1, -0.05) is 18.0 Å². The SMILES string of the molecule is CSNc1ccn(C(=O)N2CCC3(CCN(Cc4ccc(C(F)(F)F)cc4N4CCOCC4)C3)CC2)n1. The molecule has 4 heterocycles. The minimum absolute atomic E-state index is 0.112. The molecule has 0 aliphatic carbocycles. The van der Waals surface area contributed by atoms with Gasteiger partial charge in [-0.15, -0.1) is 5.10 Å². The number of nitrogens with zero attached hydrogens (tertiary/aromatic N) is 5. The fourth-order valence-corrected chi connectivity index (χ4v) is 6.01. The first-order chi connectivity index (χ1) is 17.8. The molecule has 5 rings (SSSR count). The van der Waals surface area contributed by atoms with Crippen LogP contribution in [0.4, 0.5) is 29.5 Å². The van der Waals surface area contributed by atoms with Crippen LogP contribution in [0, 0.1) is 5.41 Å². The first-order valence-electron chi connectivity index (χ1n) is 12.7. The van der Waals surface area contributed by atoms with Crippen molar-refractivity contribution in [2.75, 3.05) is 68.4 Å². The summed E-state index contributed by atoms with van der Waals surface area (Å²) in [6, 6.07) is 5.81. The van der Waals surface area contributed by atoms with Crippen LogP contribution in [0.25, 0.3) is 0 Å². The summed E-state index contributed by atoms with van der Waals surface area (Å²) in [6.07, 6.45) is 2.07. The number of ether oxygens (including phenoxy) is 1. The average molecular weight is 539 g/mol. The zero-order chi connectivity index (χ0) is 26.0. The molecule has 0 bridgehead atoms. The number of alkyl halides is 3. The highest BCUT2D eigenvalue weighted by molar-refractivity contribution is 7.99. The third-order valence-electron chi connectivity index (χ3n) is 7.76. The van der Waals surface area contributed by atoms with Crippen LogP contribution < -0.4 is 9.62 Å². The van der Waals surface area contributed by atoms with E-state index in [1.807, 2.05) is 16.1 Å². The molecule has 37 heavy (non-hydrogen) atoms. The molecule has 8 nitrogen and oxygen atoms in total. The number of nitrogens with one attached hydrogen (secondary N) is 1. The fraction of sp³-hybridized carbons (Fsp3) is 0.600. The maximum Gasteiger partial charge on any atom is 0.416 e. The molecule has 1 N–H and O–H groups in total. The predicted molar refractivity (Wildman–Crippen MR) is 138 cm³/mol. The van der Waals surface area contributed by atoms with Gasteiger partial charge in [0, 0.05) is 63.5 Å². The minimum Gasteiger partial charge on any atom is -0.378 e. The number of rotatable bonds is 5. The van der Waals surface area contributed by atoms with Gasteiger partial charge in [-0.3, -0.25) is 4.90 Å². The third kappa shape index (κ3) is 5.85. The van der Waals surface area contributed by atoms with Gasteiger partial charge in [0.2, 0.25) is 0 Å². The minimum atomic E-state index is -4.37. The smallest absolute Gasteiger partial charge is 0.378 e. The number of halogens is 3. The Hall–Kier alpha value is -2.44. The molecule has 3 fully saturated rings. The van der Waals surface area contributed by atoms with Crippen LogP contribution >= 0.6 is 11.9 Å². The molecule has 1 amide bonds. The zero-order valence-corrected chi connectivity index (χ0v) is 21.8. The monoisotopic (exact) mass is 538 g/mol. The number of carbonyl (C=O) groups excluding carboxylic acids is 1. The van der Waals surface area contributed by atoms with E-state index < -0.39 is 11.7 Å². The Labute approximate surface area is 219 Å². The van der Waals surface area contributed by atoms with Gasteiger partial charge in [-0.05, 0) is 48.9 Å². The Bertz CT molecular complexity index is 1100. The number of morpholine rings is 1. The lowest BCUT2D eigenvalue weighted by Crippen LogP contribution is -2.45. The summed E-state index contributed by atoms with van der Waals surface area (Å²) in [5.41, 5.74) is 1.11. The molecule has 0 radical (unpaired) electrons. The highest BCUT2D eigenvalue weighted by atomic mass is 32.2. The normalized spacial score (nSPS) is 20.5. The topological polar surface area (TPSA) is 65.9 Å². The summed E-state index contributed by atoms with van der Waals surface area (Å²) in [6.45, 7) is 5.99. The van der Waals surface area contributed by atoms with Crippen LogP contribution in [-0.2, 0) is 17.5 Å². The first-order valence-corrected chi connectivity index (χ1v) is 13.9. The van der Waals surface area contributed by atoms with Crippen molar-refractivity contribution in [2.24, 2.45) is 5.41 Å². The second kappa shape index (κ2) is 10.7. The number of benzene rings is 1. The van der Waals surface area contributed by atoms with Gasteiger partial charge in [0.1, 0.15) is 0 Å². The Balaban J connectivity index is 1.22. The van der Waals surface area contributed by atoms with E-state index in [9.17, 15) is 18.0 Å². The van der Waals surface area contributed by atoms with Crippen molar-refractivity contribution in [3.8, 4) is 0 Å². The lowest BCUT2D eigenvalue weighted by atomic mass is 9.78.